The molecule has 0 unspecified atom stereocenters. The molecule has 0 aliphatic carbocycles. The molecule has 4 N–H and O–H groups in total. The molecular formula is C10H20N4O. The van der Waals surface area contributed by atoms with Crippen LogP contribution in [0.2, 0.25) is 0 Å². The molecule has 2 fully saturated rings. The van der Waals surface area contributed by atoms with E-state index in [0.29, 0.717) is 0 Å². The number of carbonyl (C=O) groups is 1. The first-order valence-electron chi connectivity index (χ1n) is 5.72. The molecule has 0 aromatic rings. The van der Waals surface area contributed by atoms with E-state index in [0.717, 1.165) is 52.1 Å². The van der Waals surface area contributed by atoms with Gasteiger partial charge < -0.3 is 16.4 Å². The van der Waals surface area contributed by atoms with Gasteiger partial charge in [0.05, 0.1) is 0 Å². The third-order valence-corrected chi connectivity index (χ3v) is 3.61. The molecule has 0 bridgehead atoms. The molecule has 5 nitrogen and oxygen atoms in total. The summed E-state index contributed by atoms with van der Waals surface area (Å²) < 4.78 is 0. The Hall–Kier alpha value is -0.650. The molecule has 0 atom stereocenters. The number of piperidine rings is 1. The van der Waals surface area contributed by atoms with Crippen LogP contribution in [0.15, 0.2) is 0 Å². The Morgan fingerprint density at radius 1 is 1.07 bits per heavy atom. The lowest BCUT2D eigenvalue weighted by atomic mass is 9.85. The lowest BCUT2D eigenvalue weighted by molar-refractivity contribution is -0.132. The van der Waals surface area contributed by atoms with Crippen LogP contribution in [0.25, 0.3) is 0 Å². The molecule has 15 heavy (non-hydrogen) atoms. The summed E-state index contributed by atoms with van der Waals surface area (Å²) in [6.07, 6.45) is 1.70. The van der Waals surface area contributed by atoms with Crippen LogP contribution in [0.3, 0.4) is 0 Å². The van der Waals surface area contributed by atoms with Gasteiger partial charge >= 0.3 is 0 Å². The average Bonchev–Trinajstić information content (AvgIpc) is 2.31. The number of carbonyl (C=O) groups excluding carboxylic acids is 1. The van der Waals surface area contributed by atoms with Gasteiger partial charge in [-0.1, -0.05) is 0 Å². The number of piperazine rings is 1. The second-order valence-electron chi connectivity index (χ2n) is 4.38. The lowest BCUT2D eigenvalue weighted by Crippen LogP contribution is -2.65. The Morgan fingerprint density at radius 2 is 1.60 bits per heavy atom. The Morgan fingerprint density at radius 3 is 2.13 bits per heavy atom. The monoisotopic (exact) mass is 212 g/mol. The standard InChI is InChI=1S/C10H20N4O/c11-9(15)10(1-3-12-4-2-10)14-7-5-13-6-8-14/h12-13H,1-8H2,(H2,11,15). The molecule has 2 aliphatic heterocycles. The number of nitrogens with one attached hydrogen (secondary N) is 2. The molecule has 0 aromatic heterocycles. The topological polar surface area (TPSA) is 70.4 Å². The number of rotatable bonds is 2. The summed E-state index contributed by atoms with van der Waals surface area (Å²) in [6, 6.07) is 0. The predicted molar refractivity (Wildman–Crippen MR) is 58.5 cm³/mol. The number of hydrogen-bond donors (Lipinski definition) is 3. The van der Waals surface area contributed by atoms with Gasteiger partial charge in [-0.05, 0) is 25.9 Å². The van der Waals surface area contributed by atoms with Crippen molar-refractivity contribution in [3.05, 3.63) is 0 Å². The van der Waals surface area contributed by atoms with Crippen molar-refractivity contribution in [1.29, 1.82) is 0 Å². The summed E-state index contributed by atoms with van der Waals surface area (Å²) in [5.41, 5.74) is 5.22. The van der Waals surface area contributed by atoms with Gasteiger partial charge in [0.25, 0.3) is 0 Å². The van der Waals surface area contributed by atoms with Crippen molar-refractivity contribution in [3.8, 4) is 0 Å². The zero-order valence-electron chi connectivity index (χ0n) is 9.09. The fourth-order valence-corrected chi connectivity index (χ4v) is 2.65. The van der Waals surface area contributed by atoms with E-state index in [4.69, 9.17) is 5.73 Å². The van der Waals surface area contributed by atoms with Crippen LogP contribution in [0.4, 0.5) is 0 Å². The van der Waals surface area contributed by atoms with E-state index in [9.17, 15) is 4.79 Å². The van der Waals surface area contributed by atoms with E-state index in [1.165, 1.54) is 0 Å². The van der Waals surface area contributed by atoms with Crippen molar-refractivity contribution in [2.75, 3.05) is 39.3 Å². The van der Waals surface area contributed by atoms with Gasteiger partial charge in [-0.2, -0.15) is 0 Å². The maximum absolute atomic E-state index is 11.7. The van der Waals surface area contributed by atoms with E-state index in [1.807, 2.05) is 0 Å². The molecule has 2 rings (SSSR count). The third-order valence-electron chi connectivity index (χ3n) is 3.61. The van der Waals surface area contributed by atoms with Gasteiger partial charge in [-0.3, -0.25) is 9.69 Å². The second kappa shape index (κ2) is 4.47. The molecule has 2 saturated heterocycles. The molecule has 1 amide bonds. The van der Waals surface area contributed by atoms with Crippen molar-refractivity contribution in [3.63, 3.8) is 0 Å². The second-order valence-corrected chi connectivity index (χ2v) is 4.38. The number of hydrogen-bond acceptors (Lipinski definition) is 4. The van der Waals surface area contributed by atoms with Gasteiger partial charge in [-0.15, -0.1) is 0 Å². The number of nitrogens with zero attached hydrogens (tertiary/aromatic N) is 1. The van der Waals surface area contributed by atoms with Crippen LogP contribution in [0.1, 0.15) is 12.8 Å². The third kappa shape index (κ3) is 2.00. The molecule has 2 heterocycles. The molecule has 0 saturated carbocycles. The minimum absolute atomic E-state index is 0.147. The summed E-state index contributed by atoms with van der Waals surface area (Å²) in [5.74, 6) is -0.147. The average molecular weight is 212 g/mol. The molecule has 0 radical (unpaired) electrons. The first kappa shape index (κ1) is 10.9. The predicted octanol–water partition coefficient (Wildman–Crippen LogP) is -1.50. The Kier molecular flexibility index (Phi) is 3.23. The highest BCUT2D eigenvalue weighted by atomic mass is 16.1. The zero-order chi connectivity index (χ0) is 10.7. The normalized spacial score (nSPS) is 27.5. The first-order valence-corrected chi connectivity index (χ1v) is 5.72. The molecule has 2 aliphatic rings. The number of amides is 1. The minimum Gasteiger partial charge on any atom is -0.368 e. The van der Waals surface area contributed by atoms with Crippen molar-refractivity contribution >= 4 is 5.91 Å². The fourth-order valence-electron chi connectivity index (χ4n) is 2.65. The summed E-state index contributed by atoms with van der Waals surface area (Å²) in [5, 5.41) is 6.58. The van der Waals surface area contributed by atoms with Crippen LogP contribution in [0, 0.1) is 0 Å². The van der Waals surface area contributed by atoms with Crippen LogP contribution in [-0.4, -0.2) is 55.6 Å². The van der Waals surface area contributed by atoms with E-state index in [-0.39, 0.29) is 11.4 Å². The van der Waals surface area contributed by atoms with Crippen molar-refractivity contribution in [2.24, 2.45) is 5.73 Å². The lowest BCUT2D eigenvalue weighted by Gasteiger charge is -2.46. The number of primary amides is 1. The number of nitrogens with two attached hydrogens (primary N) is 1. The molecule has 0 spiro atoms. The SMILES string of the molecule is NC(=O)C1(N2CCNCC2)CCNCC1. The van der Waals surface area contributed by atoms with Gasteiger partial charge in [0.15, 0.2) is 0 Å². The van der Waals surface area contributed by atoms with Gasteiger partial charge in [0.2, 0.25) is 5.91 Å². The zero-order valence-corrected chi connectivity index (χ0v) is 9.09. The highest BCUT2D eigenvalue weighted by Gasteiger charge is 2.43. The Bertz CT molecular complexity index is 232. The van der Waals surface area contributed by atoms with Crippen LogP contribution < -0.4 is 16.4 Å². The summed E-state index contributed by atoms with van der Waals surface area (Å²) in [4.78, 5) is 14.0. The van der Waals surface area contributed by atoms with Crippen molar-refractivity contribution < 1.29 is 4.79 Å². The van der Waals surface area contributed by atoms with Crippen LogP contribution in [0.5, 0.6) is 0 Å². The molecule has 5 heteroatoms. The Balaban J connectivity index is 2.12. The van der Waals surface area contributed by atoms with Gasteiger partial charge in [-0.25, -0.2) is 0 Å². The minimum atomic E-state index is -0.382. The molecular weight excluding hydrogens is 192 g/mol. The quantitative estimate of drug-likeness (QED) is 0.521. The largest absolute Gasteiger partial charge is 0.368 e. The van der Waals surface area contributed by atoms with E-state index in [2.05, 4.69) is 15.5 Å². The van der Waals surface area contributed by atoms with Crippen LogP contribution >= 0.6 is 0 Å². The maximum Gasteiger partial charge on any atom is 0.238 e. The van der Waals surface area contributed by atoms with Crippen molar-refractivity contribution in [1.82, 2.24) is 15.5 Å². The summed E-state index contributed by atoms with van der Waals surface area (Å²) in [7, 11) is 0. The first-order chi connectivity index (χ1) is 7.26. The maximum atomic E-state index is 11.7. The highest BCUT2D eigenvalue weighted by Crippen LogP contribution is 2.26. The summed E-state index contributed by atoms with van der Waals surface area (Å²) in [6.45, 7) is 5.58. The Labute approximate surface area is 90.4 Å². The molecule has 86 valence electrons. The van der Waals surface area contributed by atoms with Gasteiger partial charge in [0.1, 0.15) is 5.54 Å². The van der Waals surface area contributed by atoms with E-state index < -0.39 is 0 Å². The van der Waals surface area contributed by atoms with Crippen LogP contribution in [-0.2, 0) is 4.79 Å². The fraction of sp³-hybridized carbons (Fsp3) is 0.900. The smallest absolute Gasteiger partial charge is 0.238 e. The van der Waals surface area contributed by atoms with Crippen molar-refractivity contribution in [2.45, 2.75) is 18.4 Å². The molecule has 0 aromatic carbocycles. The van der Waals surface area contributed by atoms with Gasteiger partial charge in [0, 0.05) is 26.2 Å². The van der Waals surface area contributed by atoms with E-state index in [1.54, 1.807) is 0 Å². The van der Waals surface area contributed by atoms with E-state index >= 15 is 0 Å². The highest BCUT2D eigenvalue weighted by molar-refractivity contribution is 5.84. The summed E-state index contributed by atoms with van der Waals surface area (Å²) >= 11 is 0.